The summed E-state index contributed by atoms with van der Waals surface area (Å²) in [6.07, 6.45) is 4.21. The Kier molecular flexibility index (Phi) is 5.95. The van der Waals surface area contributed by atoms with Crippen molar-refractivity contribution in [2.45, 2.75) is 45.8 Å². The minimum absolute atomic E-state index is 0.0537. The second-order valence-electron chi connectivity index (χ2n) is 5.58. The van der Waals surface area contributed by atoms with Crippen LogP contribution < -0.4 is 10.6 Å². The number of aromatic nitrogens is 1. The molecule has 2 atom stereocenters. The van der Waals surface area contributed by atoms with E-state index in [-0.39, 0.29) is 24.5 Å². The number of nitrogens with zero attached hydrogens (tertiary/aromatic N) is 1. The molecular weight excluding hydrogens is 254 g/mol. The summed E-state index contributed by atoms with van der Waals surface area (Å²) in [6.45, 7) is 7.80. The maximum Gasteiger partial charge on any atom is 0.315 e. The molecule has 0 radical (unpaired) electrons. The summed E-state index contributed by atoms with van der Waals surface area (Å²) in [7, 11) is 0. The van der Waals surface area contributed by atoms with Crippen molar-refractivity contribution in [3.8, 4) is 0 Å². The first-order valence-electron chi connectivity index (χ1n) is 7.03. The van der Waals surface area contributed by atoms with E-state index < -0.39 is 5.60 Å². The summed E-state index contributed by atoms with van der Waals surface area (Å²) < 4.78 is 0. The van der Waals surface area contributed by atoms with Crippen molar-refractivity contribution >= 4 is 6.03 Å². The Morgan fingerprint density at radius 1 is 1.40 bits per heavy atom. The SMILES string of the molecule is CCC(NC(=O)NCC(C)(O)C(C)C)c1ccncc1. The number of pyridine rings is 1. The molecule has 0 aliphatic heterocycles. The van der Waals surface area contributed by atoms with Crippen molar-refractivity contribution in [2.75, 3.05) is 6.54 Å². The van der Waals surface area contributed by atoms with Crippen molar-refractivity contribution < 1.29 is 9.90 Å². The number of amides is 2. The van der Waals surface area contributed by atoms with E-state index in [9.17, 15) is 9.90 Å². The molecule has 0 saturated carbocycles. The minimum atomic E-state index is -0.907. The molecule has 0 aliphatic carbocycles. The van der Waals surface area contributed by atoms with Gasteiger partial charge in [0.15, 0.2) is 0 Å². The summed E-state index contributed by atoms with van der Waals surface area (Å²) in [5.41, 5.74) is 0.115. The third-order valence-corrected chi connectivity index (χ3v) is 3.67. The molecule has 112 valence electrons. The van der Waals surface area contributed by atoms with E-state index in [0.717, 1.165) is 12.0 Å². The summed E-state index contributed by atoms with van der Waals surface area (Å²) in [6, 6.07) is 3.45. The number of carbonyl (C=O) groups is 1. The zero-order chi connectivity index (χ0) is 15.2. The number of hydrogen-bond acceptors (Lipinski definition) is 3. The molecule has 0 fully saturated rings. The van der Waals surface area contributed by atoms with Crippen LogP contribution in [0.2, 0.25) is 0 Å². The predicted molar refractivity (Wildman–Crippen MR) is 79.3 cm³/mol. The van der Waals surface area contributed by atoms with Crippen LogP contribution in [0.25, 0.3) is 0 Å². The predicted octanol–water partition coefficient (Wildman–Crippen LogP) is 2.24. The van der Waals surface area contributed by atoms with Crippen LogP contribution in [-0.2, 0) is 0 Å². The van der Waals surface area contributed by atoms with Gasteiger partial charge >= 0.3 is 6.03 Å². The highest BCUT2D eigenvalue weighted by Crippen LogP contribution is 2.16. The first-order chi connectivity index (χ1) is 9.36. The Bertz CT molecular complexity index is 418. The lowest BCUT2D eigenvalue weighted by atomic mass is 9.93. The number of hydrogen-bond donors (Lipinski definition) is 3. The topological polar surface area (TPSA) is 74.2 Å². The highest BCUT2D eigenvalue weighted by atomic mass is 16.3. The molecule has 1 heterocycles. The van der Waals surface area contributed by atoms with Crippen LogP contribution in [0.5, 0.6) is 0 Å². The molecule has 0 aromatic carbocycles. The summed E-state index contributed by atoms with van der Waals surface area (Å²) >= 11 is 0. The van der Waals surface area contributed by atoms with Crippen LogP contribution in [0.15, 0.2) is 24.5 Å². The van der Waals surface area contributed by atoms with Crippen molar-refractivity contribution in [1.29, 1.82) is 0 Å². The minimum Gasteiger partial charge on any atom is -0.388 e. The molecule has 1 rings (SSSR count). The van der Waals surface area contributed by atoms with E-state index in [1.54, 1.807) is 19.3 Å². The van der Waals surface area contributed by atoms with Crippen LogP contribution in [0.1, 0.15) is 45.7 Å². The normalized spacial score (nSPS) is 15.5. The Balaban J connectivity index is 2.53. The lowest BCUT2D eigenvalue weighted by Gasteiger charge is -2.28. The van der Waals surface area contributed by atoms with E-state index in [1.807, 2.05) is 32.9 Å². The van der Waals surface area contributed by atoms with Crippen LogP contribution in [-0.4, -0.2) is 28.3 Å². The summed E-state index contributed by atoms with van der Waals surface area (Å²) in [5.74, 6) is 0.0740. The lowest BCUT2D eigenvalue weighted by Crippen LogP contribution is -2.48. The smallest absolute Gasteiger partial charge is 0.315 e. The quantitative estimate of drug-likeness (QED) is 0.747. The fourth-order valence-electron chi connectivity index (χ4n) is 1.69. The van der Waals surface area contributed by atoms with Crippen molar-refractivity contribution in [3.05, 3.63) is 30.1 Å². The number of nitrogens with one attached hydrogen (secondary N) is 2. The highest BCUT2D eigenvalue weighted by Gasteiger charge is 2.25. The van der Waals surface area contributed by atoms with E-state index in [0.29, 0.717) is 0 Å². The second-order valence-corrected chi connectivity index (χ2v) is 5.58. The van der Waals surface area contributed by atoms with Gasteiger partial charge in [-0.1, -0.05) is 20.8 Å². The molecular formula is C15H25N3O2. The Hall–Kier alpha value is -1.62. The van der Waals surface area contributed by atoms with Crippen LogP contribution in [0, 0.1) is 5.92 Å². The van der Waals surface area contributed by atoms with Crippen molar-refractivity contribution in [3.63, 3.8) is 0 Å². The Morgan fingerprint density at radius 3 is 2.50 bits per heavy atom. The largest absolute Gasteiger partial charge is 0.388 e. The summed E-state index contributed by atoms with van der Waals surface area (Å²) in [5, 5.41) is 15.7. The zero-order valence-electron chi connectivity index (χ0n) is 12.7. The molecule has 1 aromatic heterocycles. The van der Waals surface area contributed by atoms with Crippen LogP contribution in [0.4, 0.5) is 4.79 Å². The molecule has 20 heavy (non-hydrogen) atoms. The number of rotatable bonds is 6. The van der Waals surface area contributed by atoms with E-state index in [1.165, 1.54) is 0 Å². The maximum absolute atomic E-state index is 11.9. The molecule has 0 aliphatic rings. The van der Waals surface area contributed by atoms with Crippen molar-refractivity contribution in [2.24, 2.45) is 5.92 Å². The van der Waals surface area contributed by atoms with E-state index >= 15 is 0 Å². The molecule has 2 unspecified atom stereocenters. The molecule has 0 spiro atoms. The van der Waals surface area contributed by atoms with Gasteiger partial charge in [-0.15, -0.1) is 0 Å². The van der Waals surface area contributed by atoms with Gasteiger partial charge in [0.1, 0.15) is 0 Å². The van der Waals surface area contributed by atoms with Gasteiger partial charge in [0.25, 0.3) is 0 Å². The maximum atomic E-state index is 11.9. The van der Waals surface area contributed by atoms with Crippen LogP contribution in [0.3, 0.4) is 0 Å². The monoisotopic (exact) mass is 279 g/mol. The molecule has 5 nitrogen and oxygen atoms in total. The van der Waals surface area contributed by atoms with Gasteiger partial charge in [0.2, 0.25) is 0 Å². The number of aliphatic hydroxyl groups is 1. The molecule has 2 amide bonds. The fraction of sp³-hybridized carbons (Fsp3) is 0.600. The highest BCUT2D eigenvalue weighted by molar-refractivity contribution is 5.74. The van der Waals surface area contributed by atoms with Gasteiger partial charge in [0, 0.05) is 18.9 Å². The standard InChI is InChI=1S/C15H25N3O2/c1-5-13(12-6-8-16-9-7-12)18-14(19)17-10-15(4,20)11(2)3/h6-9,11,13,20H,5,10H2,1-4H3,(H2,17,18,19). The second kappa shape index (κ2) is 7.24. The summed E-state index contributed by atoms with van der Waals surface area (Å²) in [4.78, 5) is 15.9. The molecule has 3 N–H and O–H groups in total. The molecule has 0 saturated heterocycles. The molecule has 5 heteroatoms. The Morgan fingerprint density at radius 2 is 2.00 bits per heavy atom. The average Bonchev–Trinajstić information content (AvgIpc) is 2.43. The van der Waals surface area contributed by atoms with Gasteiger partial charge in [-0.05, 0) is 37.0 Å². The lowest BCUT2D eigenvalue weighted by molar-refractivity contribution is 0.0165. The zero-order valence-corrected chi connectivity index (χ0v) is 12.7. The number of urea groups is 1. The molecule has 1 aromatic rings. The van der Waals surface area contributed by atoms with Gasteiger partial charge < -0.3 is 15.7 Å². The van der Waals surface area contributed by atoms with E-state index in [2.05, 4.69) is 15.6 Å². The van der Waals surface area contributed by atoms with Crippen molar-refractivity contribution in [1.82, 2.24) is 15.6 Å². The average molecular weight is 279 g/mol. The van der Waals surface area contributed by atoms with Gasteiger partial charge in [0.05, 0.1) is 11.6 Å². The number of carbonyl (C=O) groups excluding carboxylic acids is 1. The molecule has 0 bridgehead atoms. The fourth-order valence-corrected chi connectivity index (χ4v) is 1.69. The Labute approximate surface area is 120 Å². The van der Waals surface area contributed by atoms with Gasteiger partial charge in [-0.2, -0.15) is 0 Å². The van der Waals surface area contributed by atoms with Crippen LogP contribution >= 0.6 is 0 Å². The van der Waals surface area contributed by atoms with Gasteiger partial charge in [-0.3, -0.25) is 4.98 Å². The third-order valence-electron chi connectivity index (χ3n) is 3.67. The third kappa shape index (κ3) is 4.81. The first kappa shape index (κ1) is 16.4. The van der Waals surface area contributed by atoms with E-state index in [4.69, 9.17) is 0 Å². The van der Waals surface area contributed by atoms with Gasteiger partial charge in [-0.25, -0.2) is 4.79 Å². The first-order valence-corrected chi connectivity index (χ1v) is 7.03.